The minimum Gasteiger partial charge on any atom is -0.478 e. The van der Waals surface area contributed by atoms with Crippen molar-refractivity contribution < 1.29 is 19.7 Å². The molecule has 4 nitrogen and oxygen atoms in total. The van der Waals surface area contributed by atoms with Crippen molar-refractivity contribution in [3.63, 3.8) is 0 Å². The van der Waals surface area contributed by atoms with Gasteiger partial charge in [0.05, 0.1) is 5.57 Å². The molecule has 0 saturated heterocycles. The van der Waals surface area contributed by atoms with Gasteiger partial charge in [-0.25, -0.2) is 4.79 Å². The number of methoxy groups -OCH3 is 1. The molecule has 0 aromatic carbocycles. The predicted octanol–water partition coefficient (Wildman–Crippen LogP) is 3.48. The van der Waals surface area contributed by atoms with E-state index in [-0.39, 0.29) is 5.57 Å². The number of aliphatic carboxylic acids is 1. The van der Waals surface area contributed by atoms with Crippen LogP contribution in [0.1, 0.15) is 46.5 Å². The van der Waals surface area contributed by atoms with E-state index in [1.54, 1.807) is 25.2 Å². The molecule has 0 bridgehead atoms. The average molecular weight is 308 g/mol. The zero-order valence-electron chi connectivity index (χ0n) is 14.0. The Hall–Kier alpha value is -1.39. The molecule has 0 saturated carbocycles. The van der Waals surface area contributed by atoms with E-state index in [9.17, 15) is 15.0 Å². The molecule has 0 spiro atoms. The summed E-state index contributed by atoms with van der Waals surface area (Å²) >= 11 is 0. The first-order valence-corrected chi connectivity index (χ1v) is 7.88. The van der Waals surface area contributed by atoms with Crippen molar-refractivity contribution >= 4 is 5.97 Å². The van der Waals surface area contributed by atoms with Gasteiger partial charge in [-0.1, -0.05) is 44.9 Å². The molecule has 1 rings (SSSR count). The quantitative estimate of drug-likeness (QED) is 0.674. The molecule has 2 N–H and O–H groups in total. The summed E-state index contributed by atoms with van der Waals surface area (Å²) in [6.45, 7) is 6.09. The lowest BCUT2D eigenvalue weighted by Crippen LogP contribution is -2.44. The van der Waals surface area contributed by atoms with Crippen LogP contribution in [0.4, 0.5) is 0 Å². The average Bonchev–Trinajstić information content (AvgIpc) is 2.45. The van der Waals surface area contributed by atoms with Crippen LogP contribution >= 0.6 is 0 Å². The maximum absolute atomic E-state index is 11.4. The van der Waals surface area contributed by atoms with Crippen molar-refractivity contribution in [1.29, 1.82) is 0 Å². The van der Waals surface area contributed by atoms with E-state index in [1.807, 2.05) is 6.08 Å². The number of aliphatic hydroxyl groups excluding tert-OH is 1. The van der Waals surface area contributed by atoms with E-state index < -0.39 is 17.7 Å². The number of allylic oxidation sites excluding steroid dienone is 4. The summed E-state index contributed by atoms with van der Waals surface area (Å²) < 4.78 is 5.24. The second kappa shape index (κ2) is 8.30. The number of aliphatic hydroxyl groups is 1. The number of carboxylic acids is 1. The fourth-order valence-corrected chi connectivity index (χ4v) is 2.47. The summed E-state index contributed by atoms with van der Waals surface area (Å²) in [5, 5.41) is 19.6. The Labute approximate surface area is 133 Å². The molecule has 2 unspecified atom stereocenters. The molecule has 22 heavy (non-hydrogen) atoms. The van der Waals surface area contributed by atoms with Crippen LogP contribution in [-0.4, -0.2) is 35.0 Å². The second-order valence-corrected chi connectivity index (χ2v) is 6.38. The Kier molecular flexibility index (Phi) is 7.04. The predicted molar refractivity (Wildman–Crippen MR) is 87.7 cm³/mol. The van der Waals surface area contributed by atoms with E-state index in [0.717, 1.165) is 12.8 Å². The molecule has 2 atom stereocenters. The first-order valence-electron chi connectivity index (χ1n) is 7.88. The Morgan fingerprint density at radius 1 is 1.45 bits per heavy atom. The minimum atomic E-state index is -1.18. The van der Waals surface area contributed by atoms with Gasteiger partial charge in [0.25, 0.3) is 0 Å². The maximum Gasteiger partial charge on any atom is 0.334 e. The third-order valence-corrected chi connectivity index (χ3v) is 4.09. The van der Waals surface area contributed by atoms with Gasteiger partial charge in [0.1, 0.15) is 11.7 Å². The van der Waals surface area contributed by atoms with Crippen molar-refractivity contribution in [2.45, 2.75) is 58.2 Å². The molecular weight excluding hydrogens is 280 g/mol. The first-order chi connectivity index (χ1) is 10.3. The summed E-state index contributed by atoms with van der Waals surface area (Å²) in [6, 6.07) is 0. The number of carboxylic acid groups (broad SMARTS) is 1. The lowest BCUT2D eigenvalue weighted by Gasteiger charge is -2.34. The van der Waals surface area contributed by atoms with Crippen LogP contribution in [0, 0.1) is 5.92 Å². The molecular formula is C18H28O4. The number of ether oxygens (including phenoxy) is 1. The van der Waals surface area contributed by atoms with Crippen molar-refractivity contribution in [1.82, 2.24) is 0 Å². The van der Waals surface area contributed by atoms with Gasteiger partial charge in [-0.2, -0.15) is 0 Å². The second-order valence-electron chi connectivity index (χ2n) is 6.38. The Balaban J connectivity index is 2.74. The molecule has 124 valence electrons. The third kappa shape index (κ3) is 4.82. The van der Waals surface area contributed by atoms with E-state index >= 15 is 0 Å². The van der Waals surface area contributed by atoms with Crippen LogP contribution in [0.25, 0.3) is 0 Å². The SMILES string of the molecule is COC1(C)C=CC(C=CCCCCC(C)C)=C(C(=O)O)C1O. The summed E-state index contributed by atoms with van der Waals surface area (Å²) in [7, 11) is 1.46. The standard InChI is InChI=1S/C18H28O4/c1-13(2)9-7-5-6-8-10-14-11-12-18(3,22-4)16(19)15(14)17(20)21/h8,10-13,16,19H,5-7,9H2,1-4H3,(H,20,21). The highest BCUT2D eigenvalue weighted by Crippen LogP contribution is 2.31. The van der Waals surface area contributed by atoms with Gasteiger partial charge in [-0.3, -0.25) is 0 Å². The van der Waals surface area contributed by atoms with Crippen molar-refractivity contribution in [3.05, 3.63) is 35.5 Å². The van der Waals surface area contributed by atoms with Gasteiger partial charge in [-0.05, 0) is 37.3 Å². The highest BCUT2D eigenvalue weighted by atomic mass is 16.5. The normalized spacial score (nSPS) is 25.5. The van der Waals surface area contributed by atoms with Crippen LogP contribution in [-0.2, 0) is 9.53 Å². The number of rotatable bonds is 8. The molecule has 1 aliphatic carbocycles. The van der Waals surface area contributed by atoms with Gasteiger partial charge in [0, 0.05) is 7.11 Å². The van der Waals surface area contributed by atoms with E-state index in [1.165, 1.54) is 20.0 Å². The molecule has 0 heterocycles. The van der Waals surface area contributed by atoms with Gasteiger partial charge >= 0.3 is 5.97 Å². The summed E-state index contributed by atoms with van der Waals surface area (Å²) in [5.74, 6) is -0.395. The number of carbonyl (C=O) groups is 1. The van der Waals surface area contributed by atoms with E-state index in [2.05, 4.69) is 13.8 Å². The number of hydrogen-bond donors (Lipinski definition) is 2. The smallest absolute Gasteiger partial charge is 0.334 e. The molecule has 4 heteroatoms. The topological polar surface area (TPSA) is 66.8 Å². The molecule has 1 aliphatic rings. The Morgan fingerprint density at radius 3 is 2.68 bits per heavy atom. The maximum atomic E-state index is 11.4. The zero-order chi connectivity index (χ0) is 16.8. The van der Waals surface area contributed by atoms with E-state index in [4.69, 9.17) is 4.74 Å². The van der Waals surface area contributed by atoms with Gasteiger partial charge in [0.15, 0.2) is 0 Å². The molecule has 0 amide bonds. The molecule has 0 aromatic rings. The lowest BCUT2D eigenvalue weighted by molar-refractivity contribution is -0.136. The highest BCUT2D eigenvalue weighted by molar-refractivity contribution is 5.91. The summed E-state index contributed by atoms with van der Waals surface area (Å²) in [5.41, 5.74) is -0.467. The van der Waals surface area contributed by atoms with Gasteiger partial charge in [0.2, 0.25) is 0 Å². The number of unbranched alkanes of at least 4 members (excludes halogenated alkanes) is 2. The van der Waals surface area contributed by atoms with Crippen LogP contribution in [0.2, 0.25) is 0 Å². The molecule has 0 aromatic heterocycles. The van der Waals surface area contributed by atoms with Crippen LogP contribution in [0.15, 0.2) is 35.5 Å². The largest absolute Gasteiger partial charge is 0.478 e. The zero-order valence-corrected chi connectivity index (χ0v) is 14.0. The highest BCUT2D eigenvalue weighted by Gasteiger charge is 2.39. The molecule has 0 fully saturated rings. The minimum absolute atomic E-state index is 0.00900. The third-order valence-electron chi connectivity index (χ3n) is 4.09. The lowest BCUT2D eigenvalue weighted by atomic mass is 9.84. The van der Waals surface area contributed by atoms with E-state index in [0.29, 0.717) is 11.5 Å². The van der Waals surface area contributed by atoms with Crippen LogP contribution < -0.4 is 0 Å². The Bertz CT molecular complexity index is 473. The fraction of sp³-hybridized carbons (Fsp3) is 0.611. The van der Waals surface area contributed by atoms with Crippen molar-refractivity contribution in [2.24, 2.45) is 5.92 Å². The molecule has 0 radical (unpaired) electrons. The van der Waals surface area contributed by atoms with Crippen molar-refractivity contribution in [3.8, 4) is 0 Å². The monoisotopic (exact) mass is 308 g/mol. The summed E-state index contributed by atoms with van der Waals surface area (Å²) in [6.07, 6.45) is 10.4. The van der Waals surface area contributed by atoms with Gasteiger partial charge < -0.3 is 14.9 Å². The molecule has 0 aliphatic heterocycles. The van der Waals surface area contributed by atoms with Gasteiger partial charge in [-0.15, -0.1) is 0 Å². The van der Waals surface area contributed by atoms with Crippen molar-refractivity contribution in [2.75, 3.05) is 7.11 Å². The van der Waals surface area contributed by atoms with Crippen LogP contribution in [0.5, 0.6) is 0 Å². The Morgan fingerprint density at radius 2 is 2.14 bits per heavy atom. The fourth-order valence-electron chi connectivity index (χ4n) is 2.47. The van der Waals surface area contributed by atoms with Crippen LogP contribution in [0.3, 0.4) is 0 Å². The first kappa shape index (κ1) is 18.7. The number of hydrogen-bond acceptors (Lipinski definition) is 3. The summed E-state index contributed by atoms with van der Waals surface area (Å²) in [4.78, 5) is 11.4.